The van der Waals surface area contributed by atoms with Crippen molar-refractivity contribution in [1.29, 1.82) is 0 Å². The third-order valence-electron chi connectivity index (χ3n) is 14.8. The Morgan fingerprint density at radius 3 is 1.51 bits per heavy atom. The number of pyridine rings is 1. The Hall–Kier alpha value is -8.38. The summed E-state index contributed by atoms with van der Waals surface area (Å²) in [6, 6.07) is 76.7. The van der Waals surface area contributed by atoms with Crippen LogP contribution in [0.3, 0.4) is 0 Å². The van der Waals surface area contributed by atoms with Crippen LogP contribution >= 0.6 is 0 Å². The molecule has 1 aliphatic rings. The van der Waals surface area contributed by atoms with Gasteiger partial charge in [-0.15, -0.1) is 47.0 Å². The molecule has 0 amide bonds. The average molecular weight is 1140 g/mol. The molecule has 74 heavy (non-hydrogen) atoms. The van der Waals surface area contributed by atoms with E-state index in [9.17, 15) is 0 Å². The number of hydrogen-bond acceptors (Lipinski definition) is 4. The van der Waals surface area contributed by atoms with Gasteiger partial charge in [0.2, 0.25) is 0 Å². The average Bonchev–Trinajstić information content (AvgIpc) is 4.15. The third kappa shape index (κ3) is 7.09. The van der Waals surface area contributed by atoms with Crippen molar-refractivity contribution in [3.63, 3.8) is 0 Å². The van der Waals surface area contributed by atoms with Gasteiger partial charge in [-0.1, -0.05) is 135 Å². The Kier molecular flexibility index (Phi) is 10.7. The van der Waals surface area contributed by atoms with Crippen LogP contribution in [0.15, 0.2) is 200 Å². The number of benzene rings is 9. The number of aromatic nitrogens is 4. The van der Waals surface area contributed by atoms with E-state index in [0.717, 1.165) is 100 Å². The molecule has 1 aliphatic heterocycles. The minimum Gasteiger partial charge on any atom is -0.509 e. The maximum Gasteiger partial charge on any atom is 0.135 e. The van der Waals surface area contributed by atoms with Crippen LogP contribution in [-0.4, -0.2) is 25.7 Å². The van der Waals surface area contributed by atoms with Crippen molar-refractivity contribution in [2.45, 2.75) is 33.1 Å². The molecule has 0 unspecified atom stereocenters. The predicted octanol–water partition coefficient (Wildman–Crippen LogP) is 16.7. The molecule has 13 aromatic rings. The number of hydrogen-bond donors (Lipinski definition) is 0. The molecule has 0 saturated heterocycles. The first-order valence-corrected chi connectivity index (χ1v) is 24.9. The van der Waals surface area contributed by atoms with Crippen molar-refractivity contribution in [3.8, 4) is 39.8 Å². The first-order valence-electron chi connectivity index (χ1n) is 24.9. The summed E-state index contributed by atoms with van der Waals surface area (Å²) < 4.78 is 13.9. The first-order chi connectivity index (χ1) is 35.7. The molecule has 0 aliphatic carbocycles. The molecule has 14 rings (SSSR count). The van der Waals surface area contributed by atoms with E-state index in [-0.39, 0.29) is 26.5 Å². The molecule has 0 bridgehead atoms. The summed E-state index contributed by atoms with van der Waals surface area (Å²) in [7, 11) is 2.08. The Morgan fingerprint density at radius 2 is 0.973 bits per heavy atom. The van der Waals surface area contributed by atoms with Crippen LogP contribution in [0.5, 0.6) is 11.5 Å². The molecule has 0 fully saturated rings. The zero-order valence-corrected chi connectivity index (χ0v) is 43.8. The Bertz CT molecular complexity index is 4140. The summed E-state index contributed by atoms with van der Waals surface area (Å²) in [5.74, 6) is 2.02. The fraction of sp³-hybridized carbons (Fsp3) is 0.0909. The van der Waals surface area contributed by atoms with Crippen LogP contribution in [0, 0.1) is 25.7 Å². The zero-order valence-electron chi connectivity index (χ0n) is 41.5. The second-order valence-electron chi connectivity index (χ2n) is 20.3. The van der Waals surface area contributed by atoms with E-state index in [1.54, 1.807) is 0 Å². The fourth-order valence-corrected chi connectivity index (χ4v) is 11.4. The molecular formula is C66H49N6OPt-3. The summed E-state index contributed by atoms with van der Waals surface area (Å²) in [4.78, 5) is 9.78. The van der Waals surface area contributed by atoms with Crippen molar-refractivity contribution >= 4 is 82.5 Å². The molecule has 4 aromatic heterocycles. The van der Waals surface area contributed by atoms with Crippen molar-refractivity contribution < 1.29 is 25.8 Å². The number of ether oxygens (including phenoxy) is 1. The van der Waals surface area contributed by atoms with Crippen LogP contribution in [-0.2, 0) is 26.5 Å². The first kappa shape index (κ1) is 45.5. The number of para-hydroxylation sites is 7. The monoisotopic (exact) mass is 1140 g/mol. The van der Waals surface area contributed by atoms with E-state index in [1.165, 1.54) is 21.5 Å². The molecule has 9 aromatic carbocycles. The normalized spacial score (nSPS) is 12.7. The largest absolute Gasteiger partial charge is 0.509 e. The summed E-state index contributed by atoms with van der Waals surface area (Å²) in [6.07, 6.45) is 2.08. The van der Waals surface area contributed by atoms with Gasteiger partial charge in [0.05, 0.1) is 33.4 Å². The summed E-state index contributed by atoms with van der Waals surface area (Å²) in [5.41, 5.74) is 16.1. The molecule has 0 radical (unpaired) electrons. The van der Waals surface area contributed by atoms with E-state index < -0.39 is 0 Å². The van der Waals surface area contributed by atoms with Gasteiger partial charge in [-0.2, -0.15) is 12.7 Å². The van der Waals surface area contributed by atoms with Gasteiger partial charge in [0.15, 0.2) is 0 Å². The molecule has 362 valence electrons. The minimum absolute atomic E-state index is 0. The van der Waals surface area contributed by atoms with E-state index >= 15 is 0 Å². The van der Waals surface area contributed by atoms with Crippen molar-refractivity contribution in [3.05, 3.63) is 230 Å². The zero-order chi connectivity index (χ0) is 49.1. The molecule has 0 saturated carbocycles. The number of anilines is 3. The Morgan fingerprint density at radius 1 is 0.486 bits per heavy atom. The van der Waals surface area contributed by atoms with E-state index in [0.29, 0.717) is 11.5 Å². The van der Waals surface area contributed by atoms with Crippen molar-refractivity contribution in [2.75, 3.05) is 16.8 Å². The van der Waals surface area contributed by atoms with Gasteiger partial charge < -0.3 is 28.2 Å². The maximum absolute atomic E-state index is 6.84. The van der Waals surface area contributed by atoms with Crippen LogP contribution in [0.1, 0.15) is 31.9 Å². The molecular weight excluding hydrogens is 1090 g/mol. The van der Waals surface area contributed by atoms with E-state index in [2.05, 4.69) is 271 Å². The second kappa shape index (κ2) is 17.4. The van der Waals surface area contributed by atoms with Gasteiger partial charge in [0.25, 0.3) is 0 Å². The van der Waals surface area contributed by atoms with Gasteiger partial charge in [0.1, 0.15) is 5.82 Å². The molecule has 0 spiro atoms. The molecule has 0 N–H and O–H groups in total. The van der Waals surface area contributed by atoms with Crippen LogP contribution < -0.4 is 14.5 Å². The number of aryl methyl sites for hydroxylation is 1. The summed E-state index contributed by atoms with van der Waals surface area (Å²) in [5, 5.41) is 7.04. The summed E-state index contributed by atoms with van der Waals surface area (Å²) in [6.45, 7) is 11.0. The smallest absolute Gasteiger partial charge is 0.135 e. The van der Waals surface area contributed by atoms with Crippen molar-refractivity contribution in [2.24, 2.45) is 0 Å². The van der Waals surface area contributed by atoms with Crippen molar-refractivity contribution in [1.82, 2.24) is 18.7 Å². The second-order valence-corrected chi connectivity index (χ2v) is 20.3. The fourth-order valence-electron chi connectivity index (χ4n) is 11.4. The van der Waals surface area contributed by atoms with Crippen LogP contribution in [0.2, 0.25) is 0 Å². The van der Waals surface area contributed by atoms with Gasteiger partial charge in [0, 0.05) is 88.3 Å². The minimum atomic E-state index is -0.142. The topological polar surface area (TPSA) is 43.4 Å². The quantitative estimate of drug-likeness (QED) is 0.149. The van der Waals surface area contributed by atoms with Gasteiger partial charge in [-0.25, -0.2) is 4.98 Å². The standard InChI is InChI=1S/C66H49N6O.Pt/c1-42-35-64(72-58-28-15-10-23-51(58)52-34-33-45(39-63(52)72)73-46-37-43(66(2,3)4)36-44(38-46)69-41-68(5)59-29-16-17-30-60(59)69)67-40-53(42)65-61(70-54-24-11-6-19-47(54)48-20-7-12-25-55(48)70)31-18-32-62(65)71-56-26-13-8-21-49(56)50-22-9-14-27-57(50)71;/h6-37,40-41H,1-5H3;/q-3;. The predicted molar refractivity (Wildman–Crippen MR) is 302 cm³/mol. The number of rotatable bonds is 7. The van der Waals surface area contributed by atoms with Crippen LogP contribution in [0.4, 0.5) is 17.1 Å². The number of nitrogens with zero attached hydrogens (tertiary/aromatic N) is 6. The molecule has 0 atom stereocenters. The van der Waals surface area contributed by atoms with Crippen LogP contribution in [0.25, 0.3) is 93.7 Å². The maximum atomic E-state index is 6.84. The Balaban J connectivity index is 0.00000528. The SMILES string of the molecule is Cc1cc(-n2c3[c-]c(Oc4[c-]c(N5[CH-]N(C)c6ccccc65)cc(C(C)(C)C)c4)ccc3c3ccccc32)ncc1-c1c(-n2c3ccccc3c3ccccc32)cccc1-n1c2ccccc2c2ccccc21.[Pt]. The summed E-state index contributed by atoms with van der Waals surface area (Å²) >= 11 is 0. The van der Waals surface area contributed by atoms with Gasteiger partial charge in [-0.3, -0.25) is 0 Å². The van der Waals surface area contributed by atoms with Gasteiger partial charge in [-0.05, 0) is 91.0 Å². The third-order valence-corrected chi connectivity index (χ3v) is 14.8. The molecule has 5 heterocycles. The van der Waals surface area contributed by atoms with E-state index in [4.69, 9.17) is 9.72 Å². The molecule has 7 nitrogen and oxygen atoms in total. The number of fused-ring (bicyclic) bond motifs is 10. The Labute approximate surface area is 444 Å². The molecule has 8 heteroatoms. The van der Waals surface area contributed by atoms with E-state index in [1.807, 2.05) is 6.07 Å². The van der Waals surface area contributed by atoms with Gasteiger partial charge >= 0.3 is 0 Å².